The summed E-state index contributed by atoms with van der Waals surface area (Å²) in [5, 5.41) is 13.4. The number of benzene rings is 1. The van der Waals surface area contributed by atoms with E-state index in [4.69, 9.17) is 12.2 Å². The zero-order valence-corrected chi connectivity index (χ0v) is 14.5. The SMILES string of the molecule is Cn1nnnc1NC(=S)c1ccc(C(F)(F)F)c2c1CCCS2(=O)=O. The van der Waals surface area contributed by atoms with E-state index in [1.54, 1.807) is 7.05 Å². The molecule has 0 aliphatic carbocycles. The number of hydrogen-bond acceptors (Lipinski definition) is 6. The van der Waals surface area contributed by atoms with Crippen LogP contribution >= 0.6 is 12.2 Å². The Morgan fingerprint density at radius 3 is 2.68 bits per heavy atom. The van der Waals surface area contributed by atoms with Crippen LogP contribution in [0.25, 0.3) is 0 Å². The average Bonchev–Trinajstić information content (AvgIpc) is 2.90. The summed E-state index contributed by atoms with van der Waals surface area (Å²) in [6.45, 7) is 0. The highest BCUT2D eigenvalue weighted by Gasteiger charge is 2.40. The number of nitrogens with one attached hydrogen (secondary N) is 1. The van der Waals surface area contributed by atoms with Gasteiger partial charge in [0.05, 0.1) is 16.2 Å². The maximum Gasteiger partial charge on any atom is 0.417 e. The number of thiocarbonyl (C=S) groups is 1. The molecule has 134 valence electrons. The van der Waals surface area contributed by atoms with E-state index in [2.05, 4.69) is 20.8 Å². The Balaban J connectivity index is 2.14. The minimum atomic E-state index is -4.77. The number of halogens is 3. The summed E-state index contributed by atoms with van der Waals surface area (Å²) in [6, 6.07) is 1.93. The molecule has 3 rings (SSSR count). The summed E-state index contributed by atoms with van der Waals surface area (Å²) in [6.07, 6.45) is -4.35. The van der Waals surface area contributed by atoms with Gasteiger partial charge in [0.2, 0.25) is 5.95 Å². The largest absolute Gasteiger partial charge is 0.417 e. The van der Waals surface area contributed by atoms with Crippen LogP contribution in [0.15, 0.2) is 17.0 Å². The lowest BCUT2D eigenvalue weighted by Crippen LogP contribution is -2.25. The molecule has 0 saturated heterocycles. The van der Waals surface area contributed by atoms with E-state index >= 15 is 0 Å². The standard InChI is InChI=1S/C13H12F3N5O2S2/c1-21-12(18-19-20-21)17-11(24)8-4-5-9(13(14,15)16)10-7(8)3-2-6-25(10,22)23/h4-5H,2-3,6H2,1H3,(H,17,18,20,24). The molecule has 0 bridgehead atoms. The smallest absolute Gasteiger partial charge is 0.313 e. The predicted octanol–water partition coefficient (Wildman–Crippen LogP) is 1.74. The van der Waals surface area contributed by atoms with Crippen LogP contribution in [0.3, 0.4) is 0 Å². The molecule has 0 fully saturated rings. The van der Waals surface area contributed by atoms with Crippen LogP contribution in [0.5, 0.6) is 0 Å². The highest BCUT2D eigenvalue weighted by molar-refractivity contribution is 7.91. The number of fused-ring (bicyclic) bond motifs is 1. The highest BCUT2D eigenvalue weighted by Crippen LogP contribution is 2.40. The van der Waals surface area contributed by atoms with Gasteiger partial charge in [-0.05, 0) is 34.9 Å². The molecular formula is C13H12F3N5O2S2. The fourth-order valence-corrected chi connectivity index (χ4v) is 4.83. The van der Waals surface area contributed by atoms with Gasteiger partial charge in [-0.15, -0.1) is 0 Å². The molecule has 1 aromatic carbocycles. The van der Waals surface area contributed by atoms with Crippen molar-refractivity contribution in [1.82, 2.24) is 20.2 Å². The molecule has 0 spiro atoms. The monoisotopic (exact) mass is 391 g/mol. The number of rotatable bonds is 2. The van der Waals surface area contributed by atoms with Crippen LogP contribution < -0.4 is 5.32 Å². The molecule has 1 aliphatic heterocycles. The zero-order chi connectivity index (χ0) is 18.4. The minimum absolute atomic E-state index is 0.0555. The average molecular weight is 391 g/mol. The van der Waals surface area contributed by atoms with Crippen molar-refractivity contribution in [2.24, 2.45) is 7.05 Å². The molecule has 1 N–H and O–H groups in total. The number of anilines is 1. The van der Waals surface area contributed by atoms with E-state index in [0.717, 1.165) is 6.07 Å². The lowest BCUT2D eigenvalue weighted by atomic mass is 9.99. The molecule has 2 heterocycles. The summed E-state index contributed by atoms with van der Waals surface area (Å²) >= 11 is 5.23. The molecule has 12 heteroatoms. The Hall–Kier alpha value is -2.08. The molecule has 1 aromatic heterocycles. The number of hydrogen-bond donors (Lipinski definition) is 1. The third-order valence-electron chi connectivity index (χ3n) is 3.81. The highest BCUT2D eigenvalue weighted by atomic mass is 32.2. The summed E-state index contributed by atoms with van der Waals surface area (Å²) in [7, 11) is -2.48. The van der Waals surface area contributed by atoms with Crippen molar-refractivity contribution in [1.29, 1.82) is 0 Å². The van der Waals surface area contributed by atoms with E-state index < -0.39 is 26.5 Å². The van der Waals surface area contributed by atoms with Crippen molar-refractivity contribution in [3.8, 4) is 0 Å². The normalized spacial score (nSPS) is 16.3. The third kappa shape index (κ3) is 3.23. The van der Waals surface area contributed by atoms with E-state index in [-0.39, 0.29) is 40.7 Å². The fraction of sp³-hybridized carbons (Fsp3) is 0.385. The first-order chi connectivity index (χ1) is 11.6. The summed E-state index contributed by atoms with van der Waals surface area (Å²) < 4.78 is 65.7. The molecule has 0 saturated carbocycles. The first-order valence-electron chi connectivity index (χ1n) is 7.11. The fourth-order valence-electron chi connectivity index (χ4n) is 2.71. The van der Waals surface area contributed by atoms with E-state index in [1.165, 1.54) is 10.7 Å². The summed E-state index contributed by atoms with van der Waals surface area (Å²) in [5.74, 6) is -0.128. The van der Waals surface area contributed by atoms with Crippen LogP contribution in [0.4, 0.5) is 19.1 Å². The van der Waals surface area contributed by atoms with Crippen molar-refractivity contribution in [3.05, 3.63) is 28.8 Å². The van der Waals surface area contributed by atoms with E-state index in [9.17, 15) is 21.6 Å². The molecule has 7 nitrogen and oxygen atoms in total. The van der Waals surface area contributed by atoms with Crippen LogP contribution in [0.1, 0.15) is 23.1 Å². The Bertz CT molecular complexity index is 953. The Labute approximate surface area is 146 Å². The number of sulfone groups is 1. The molecule has 1 aliphatic rings. The van der Waals surface area contributed by atoms with Gasteiger partial charge in [-0.25, -0.2) is 13.1 Å². The van der Waals surface area contributed by atoms with Gasteiger partial charge in [-0.2, -0.15) is 13.2 Å². The molecule has 0 radical (unpaired) electrons. The number of tetrazole rings is 1. The quantitative estimate of drug-likeness (QED) is 0.780. The van der Waals surface area contributed by atoms with Gasteiger partial charge >= 0.3 is 6.18 Å². The molecule has 0 unspecified atom stereocenters. The Kier molecular flexibility index (Phi) is 4.27. The zero-order valence-electron chi connectivity index (χ0n) is 12.8. The van der Waals surface area contributed by atoms with Gasteiger partial charge in [-0.3, -0.25) is 0 Å². The topological polar surface area (TPSA) is 89.8 Å². The summed E-state index contributed by atoms with van der Waals surface area (Å²) in [5.41, 5.74) is -0.855. The lowest BCUT2D eigenvalue weighted by Gasteiger charge is -2.24. The van der Waals surface area contributed by atoms with Crippen LogP contribution in [-0.2, 0) is 29.5 Å². The number of nitrogens with zero attached hydrogens (tertiary/aromatic N) is 4. The maximum atomic E-state index is 13.3. The van der Waals surface area contributed by atoms with Crippen LogP contribution in [-0.4, -0.2) is 39.4 Å². The van der Waals surface area contributed by atoms with Gasteiger partial charge in [0.25, 0.3) is 0 Å². The van der Waals surface area contributed by atoms with Crippen molar-refractivity contribution in [2.75, 3.05) is 11.1 Å². The number of aromatic nitrogens is 4. The minimum Gasteiger partial charge on any atom is -0.313 e. The first kappa shape index (κ1) is 17.7. The second kappa shape index (κ2) is 6.02. The second-order valence-corrected chi connectivity index (χ2v) is 7.92. The molecule has 0 amide bonds. The van der Waals surface area contributed by atoms with Gasteiger partial charge in [-0.1, -0.05) is 23.4 Å². The summed E-state index contributed by atoms with van der Waals surface area (Å²) in [4.78, 5) is -0.621. The number of alkyl halides is 3. The van der Waals surface area contributed by atoms with Gasteiger partial charge in [0.1, 0.15) is 4.99 Å². The molecule has 2 aromatic rings. The van der Waals surface area contributed by atoms with E-state index in [1.807, 2.05) is 0 Å². The van der Waals surface area contributed by atoms with Crippen molar-refractivity contribution >= 4 is 33.0 Å². The first-order valence-corrected chi connectivity index (χ1v) is 9.17. The predicted molar refractivity (Wildman–Crippen MR) is 85.9 cm³/mol. The molecule has 0 atom stereocenters. The van der Waals surface area contributed by atoms with Crippen molar-refractivity contribution < 1.29 is 21.6 Å². The van der Waals surface area contributed by atoms with Gasteiger partial charge in [0, 0.05) is 12.6 Å². The number of aryl methyl sites for hydroxylation is 1. The lowest BCUT2D eigenvalue weighted by molar-refractivity contribution is -0.140. The Morgan fingerprint density at radius 1 is 1.36 bits per heavy atom. The van der Waals surface area contributed by atoms with Crippen molar-refractivity contribution in [2.45, 2.75) is 23.9 Å². The van der Waals surface area contributed by atoms with Crippen molar-refractivity contribution in [3.63, 3.8) is 0 Å². The Morgan fingerprint density at radius 2 is 2.08 bits per heavy atom. The third-order valence-corrected chi connectivity index (χ3v) is 6.04. The molecular weight excluding hydrogens is 379 g/mol. The molecule has 25 heavy (non-hydrogen) atoms. The van der Waals surface area contributed by atoms with E-state index in [0.29, 0.717) is 0 Å². The second-order valence-electron chi connectivity index (χ2n) is 5.47. The van der Waals surface area contributed by atoms with Gasteiger partial charge in [0.15, 0.2) is 9.84 Å². The van der Waals surface area contributed by atoms with Gasteiger partial charge < -0.3 is 5.32 Å². The maximum absolute atomic E-state index is 13.3. The van der Waals surface area contributed by atoms with Crippen LogP contribution in [0, 0.1) is 0 Å². The van der Waals surface area contributed by atoms with Crippen LogP contribution in [0.2, 0.25) is 0 Å².